The van der Waals surface area contributed by atoms with Crippen molar-refractivity contribution in [3.8, 4) is 11.5 Å². The normalized spacial score (nSPS) is 10.1. The molecule has 0 fully saturated rings. The molecule has 9 heteroatoms. The van der Waals surface area contributed by atoms with Gasteiger partial charge in [-0.05, 0) is 30.3 Å². The number of para-hydroxylation sites is 2. The fourth-order valence-electron chi connectivity index (χ4n) is 2.36. The van der Waals surface area contributed by atoms with Gasteiger partial charge < -0.3 is 24.8 Å². The topological polar surface area (TPSA) is 103 Å². The Morgan fingerprint density at radius 1 is 0.900 bits per heavy atom. The van der Waals surface area contributed by atoms with Crippen molar-refractivity contribution >= 4 is 40.9 Å². The van der Waals surface area contributed by atoms with Crippen LogP contribution in [0.2, 0.25) is 0 Å². The first-order valence-corrected chi connectivity index (χ1v) is 10.3. The molecule has 2 amide bonds. The summed E-state index contributed by atoms with van der Waals surface area (Å²) in [5, 5.41) is 5.49. The van der Waals surface area contributed by atoms with Gasteiger partial charge in [-0.1, -0.05) is 18.2 Å². The highest BCUT2D eigenvalue weighted by molar-refractivity contribution is 7.99. The molecule has 2 aromatic rings. The molecule has 160 valence electrons. The number of benzene rings is 2. The predicted octanol–water partition coefficient (Wildman–Crippen LogP) is 2.95. The molecule has 2 N–H and O–H groups in total. The zero-order valence-corrected chi connectivity index (χ0v) is 17.6. The minimum absolute atomic E-state index is 0.185. The molecule has 0 atom stereocenters. The number of thioether (sulfide) groups is 1. The summed E-state index contributed by atoms with van der Waals surface area (Å²) in [6.45, 7) is -0.186. The van der Waals surface area contributed by atoms with Crippen LogP contribution in [0.4, 0.5) is 11.4 Å². The van der Waals surface area contributed by atoms with E-state index in [0.717, 1.165) is 0 Å². The van der Waals surface area contributed by atoms with Crippen LogP contribution in [0.5, 0.6) is 11.5 Å². The van der Waals surface area contributed by atoms with E-state index >= 15 is 0 Å². The molecule has 8 nitrogen and oxygen atoms in total. The van der Waals surface area contributed by atoms with Crippen LogP contribution >= 0.6 is 11.8 Å². The number of nitrogens with one attached hydrogen (secondary N) is 2. The highest BCUT2D eigenvalue weighted by Crippen LogP contribution is 2.25. The van der Waals surface area contributed by atoms with Crippen LogP contribution < -0.4 is 20.1 Å². The quantitative estimate of drug-likeness (QED) is 0.416. The zero-order valence-electron chi connectivity index (χ0n) is 16.8. The van der Waals surface area contributed by atoms with Crippen molar-refractivity contribution in [2.45, 2.75) is 6.42 Å². The van der Waals surface area contributed by atoms with Gasteiger partial charge in [0.05, 0.1) is 20.0 Å². The maximum Gasteiger partial charge on any atom is 0.315 e. The molecule has 0 aliphatic carbocycles. The van der Waals surface area contributed by atoms with Crippen LogP contribution in [-0.2, 0) is 19.1 Å². The number of hydrogen-bond donors (Lipinski definition) is 2. The van der Waals surface area contributed by atoms with Gasteiger partial charge >= 0.3 is 5.97 Å². The lowest BCUT2D eigenvalue weighted by Gasteiger charge is -2.11. The number of esters is 1. The van der Waals surface area contributed by atoms with E-state index in [-0.39, 0.29) is 36.6 Å². The lowest BCUT2D eigenvalue weighted by atomic mass is 10.2. The third-order valence-corrected chi connectivity index (χ3v) is 4.71. The summed E-state index contributed by atoms with van der Waals surface area (Å²) in [5.74, 6) is 0.873. The second-order valence-electron chi connectivity index (χ2n) is 6.00. The molecule has 0 spiro atoms. The number of anilines is 2. The summed E-state index contributed by atoms with van der Waals surface area (Å²) >= 11 is 1.33. The van der Waals surface area contributed by atoms with E-state index in [2.05, 4.69) is 15.4 Å². The summed E-state index contributed by atoms with van der Waals surface area (Å²) in [6.07, 6.45) is 0.255. The Kier molecular flexibility index (Phi) is 9.53. The molecule has 0 saturated heterocycles. The number of hydrogen-bond acceptors (Lipinski definition) is 7. The van der Waals surface area contributed by atoms with Gasteiger partial charge in [0.1, 0.15) is 0 Å². The van der Waals surface area contributed by atoms with Gasteiger partial charge in [-0.2, -0.15) is 0 Å². The van der Waals surface area contributed by atoms with Gasteiger partial charge in [0.2, 0.25) is 5.91 Å². The smallest absolute Gasteiger partial charge is 0.315 e. The van der Waals surface area contributed by atoms with Gasteiger partial charge in [0.25, 0.3) is 5.91 Å². The zero-order chi connectivity index (χ0) is 21.8. The summed E-state index contributed by atoms with van der Waals surface area (Å²) in [5.41, 5.74) is 1.09. The summed E-state index contributed by atoms with van der Waals surface area (Å²) in [7, 11) is 2.85. The first-order chi connectivity index (χ1) is 14.5. The molecule has 0 aliphatic heterocycles. The molecular formula is C21H24N2O6S. The van der Waals surface area contributed by atoms with Gasteiger partial charge in [-0.15, -0.1) is 11.8 Å². The molecule has 0 aromatic heterocycles. The van der Waals surface area contributed by atoms with Gasteiger partial charge in [-0.3, -0.25) is 14.4 Å². The van der Waals surface area contributed by atoms with Crippen LogP contribution in [0.1, 0.15) is 6.42 Å². The van der Waals surface area contributed by atoms with Crippen LogP contribution in [-0.4, -0.2) is 50.1 Å². The van der Waals surface area contributed by atoms with Crippen molar-refractivity contribution in [1.29, 1.82) is 0 Å². The molecule has 0 aliphatic rings. The second-order valence-corrected chi connectivity index (χ2v) is 7.10. The molecule has 0 unspecified atom stereocenters. The maximum absolute atomic E-state index is 12.2. The number of rotatable bonds is 11. The lowest BCUT2D eigenvalue weighted by Crippen LogP contribution is -2.20. The molecule has 0 saturated carbocycles. The molecule has 2 aromatic carbocycles. The molecule has 0 heterocycles. The third-order valence-electron chi connectivity index (χ3n) is 3.78. The van der Waals surface area contributed by atoms with Crippen molar-refractivity contribution in [2.75, 3.05) is 43.0 Å². The minimum atomic E-state index is -0.344. The first-order valence-electron chi connectivity index (χ1n) is 9.12. The third kappa shape index (κ3) is 8.04. The molecule has 0 bridgehead atoms. The Labute approximate surface area is 179 Å². The van der Waals surface area contributed by atoms with Crippen molar-refractivity contribution < 1.29 is 28.6 Å². The van der Waals surface area contributed by atoms with Crippen molar-refractivity contribution in [2.24, 2.45) is 0 Å². The van der Waals surface area contributed by atoms with E-state index in [1.54, 1.807) is 42.5 Å². The number of amides is 2. The fourth-order valence-corrected chi connectivity index (χ4v) is 3.11. The average molecular weight is 432 g/mol. The van der Waals surface area contributed by atoms with Crippen LogP contribution in [0.3, 0.4) is 0 Å². The van der Waals surface area contributed by atoms with E-state index < -0.39 is 0 Å². The summed E-state index contributed by atoms with van der Waals surface area (Å²) in [6, 6.07) is 13.9. The summed E-state index contributed by atoms with van der Waals surface area (Å²) < 4.78 is 15.2. The van der Waals surface area contributed by atoms with E-state index in [9.17, 15) is 14.4 Å². The predicted molar refractivity (Wildman–Crippen MR) is 116 cm³/mol. The first kappa shape index (κ1) is 23.1. The SMILES string of the molecule is COC(=O)CSCCC(=O)Nc1cccc(NC(=O)COc2ccccc2OC)c1. The Balaban J connectivity index is 1.79. The Morgan fingerprint density at radius 2 is 1.57 bits per heavy atom. The Hall–Kier alpha value is -3.20. The van der Waals surface area contributed by atoms with Crippen LogP contribution in [0.25, 0.3) is 0 Å². The van der Waals surface area contributed by atoms with Gasteiger partial charge in [-0.25, -0.2) is 0 Å². The van der Waals surface area contributed by atoms with E-state index in [1.165, 1.54) is 26.0 Å². The molecule has 0 radical (unpaired) electrons. The highest BCUT2D eigenvalue weighted by Gasteiger charge is 2.09. The van der Waals surface area contributed by atoms with Crippen molar-refractivity contribution in [3.05, 3.63) is 48.5 Å². The summed E-state index contributed by atoms with van der Waals surface area (Å²) in [4.78, 5) is 35.2. The van der Waals surface area contributed by atoms with E-state index in [0.29, 0.717) is 28.6 Å². The largest absolute Gasteiger partial charge is 0.493 e. The lowest BCUT2D eigenvalue weighted by molar-refractivity contribution is -0.137. The van der Waals surface area contributed by atoms with Gasteiger partial charge in [0, 0.05) is 23.5 Å². The standard InChI is InChI=1S/C21H24N2O6S/c1-27-17-8-3-4-9-18(17)29-13-20(25)23-16-7-5-6-15(12-16)22-19(24)10-11-30-14-21(26)28-2/h3-9,12H,10-11,13-14H2,1-2H3,(H,22,24)(H,23,25). The number of carbonyl (C=O) groups is 3. The number of ether oxygens (including phenoxy) is 3. The number of methoxy groups -OCH3 is 2. The Bertz CT molecular complexity index is 874. The number of carbonyl (C=O) groups excluding carboxylic acids is 3. The van der Waals surface area contributed by atoms with E-state index in [1.807, 2.05) is 6.07 Å². The van der Waals surface area contributed by atoms with Gasteiger partial charge in [0.15, 0.2) is 18.1 Å². The van der Waals surface area contributed by atoms with Crippen molar-refractivity contribution in [1.82, 2.24) is 0 Å². The highest BCUT2D eigenvalue weighted by atomic mass is 32.2. The second kappa shape index (κ2) is 12.4. The fraction of sp³-hybridized carbons (Fsp3) is 0.286. The maximum atomic E-state index is 12.2. The van der Waals surface area contributed by atoms with Crippen LogP contribution in [0, 0.1) is 0 Å². The monoisotopic (exact) mass is 432 g/mol. The minimum Gasteiger partial charge on any atom is -0.493 e. The Morgan fingerprint density at radius 3 is 2.23 bits per heavy atom. The van der Waals surface area contributed by atoms with Crippen molar-refractivity contribution in [3.63, 3.8) is 0 Å². The van der Waals surface area contributed by atoms with E-state index in [4.69, 9.17) is 9.47 Å². The molecular weight excluding hydrogens is 408 g/mol. The van der Waals surface area contributed by atoms with Crippen LogP contribution in [0.15, 0.2) is 48.5 Å². The molecule has 2 rings (SSSR count). The molecule has 30 heavy (non-hydrogen) atoms. The average Bonchev–Trinajstić information content (AvgIpc) is 2.75.